The fourth-order valence-corrected chi connectivity index (χ4v) is 4.21. The lowest BCUT2D eigenvalue weighted by Crippen LogP contribution is -2.25. The molecule has 0 radical (unpaired) electrons. The van der Waals surface area contributed by atoms with Crippen LogP contribution in [0.1, 0.15) is 25.8 Å². The van der Waals surface area contributed by atoms with Gasteiger partial charge in [0.05, 0.1) is 11.2 Å². The van der Waals surface area contributed by atoms with E-state index >= 15 is 0 Å². The van der Waals surface area contributed by atoms with E-state index in [0.29, 0.717) is 0 Å². The van der Waals surface area contributed by atoms with Gasteiger partial charge in [0, 0.05) is 28.8 Å². The molecule has 1 aromatic heterocycles. The van der Waals surface area contributed by atoms with Crippen LogP contribution in [0.4, 0.5) is 5.69 Å². The van der Waals surface area contributed by atoms with Gasteiger partial charge in [0.2, 0.25) is 0 Å². The van der Waals surface area contributed by atoms with Gasteiger partial charge in [-0.05, 0) is 43.8 Å². The predicted molar refractivity (Wildman–Crippen MR) is 119 cm³/mol. The van der Waals surface area contributed by atoms with Gasteiger partial charge in [0.15, 0.2) is 0 Å². The molecular formula is C23H29N3S. The highest BCUT2D eigenvalue weighted by molar-refractivity contribution is 7.98. The summed E-state index contributed by atoms with van der Waals surface area (Å²) in [6.45, 7) is 8.79. The van der Waals surface area contributed by atoms with Gasteiger partial charge < -0.3 is 10.2 Å². The zero-order valence-electron chi connectivity index (χ0n) is 16.3. The smallest absolute Gasteiger partial charge is 0.0944 e. The SMILES string of the molecule is CCN(CC)CCCNc1cccc2c(SCc3ccccc3)ccnc12. The van der Waals surface area contributed by atoms with Crippen molar-refractivity contribution < 1.29 is 0 Å². The maximum absolute atomic E-state index is 4.66. The van der Waals surface area contributed by atoms with E-state index in [9.17, 15) is 0 Å². The number of pyridine rings is 1. The molecule has 142 valence electrons. The molecule has 0 aliphatic rings. The minimum absolute atomic E-state index is 0.971. The van der Waals surface area contributed by atoms with E-state index in [2.05, 4.69) is 83.6 Å². The second kappa shape index (κ2) is 10.3. The van der Waals surface area contributed by atoms with Gasteiger partial charge in [-0.25, -0.2) is 0 Å². The molecule has 0 saturated carbocycles. The minimum Gasteiger partial charge on any atom is -0.383 e. The van der Waals surface area contributed by atoms with Crippen LogP contribution in [0.15, 0.2) is 65.7 Å². The highest BCUT2D eigenvalue weighted by atomic mass is 32.2. The highest BCUT2D eigenvalue weighted by Gasteiger charge is 2.07. The summed E-state index contributed by atoms with van der Waals surface area (Å²) >= 11 is 1.88. The third kappa shape index (κ3) is 5.47. The van der Waals surface area contributed by atoms with Crippen LogP contribution in [0.5, 0.6) is 0 Å². The summed E-state index contributed by atoms with van der Waals surface area (Å²) in [7, 11) is 0. The van der Waals surface area contributed by atoms with E-state index in [1.54, 1.807) is 0 Å². The summed E-state index contributed by atoms with van der Waals surface area (Å²) < 4.78 is 0. The Balaban J connectivity index is 1.67. The van der Waals surface area contributed by atoms with Crippen molar-refractivity contribution in [3.8, 4) is 0 Å². The summed E-state index contributed by atoms with van der Waals surface area (Å²) in [6, 6.07) is 19.2. The molecule has 27 heavy (non-hydrogen) atoms. The summed E-state index contributed by atoms with van der Waals surface area (Å²) in [5.41, 5.74) is 3.55. The van der Waals surface area contributed by atoms with Crippen molar-refractivity contribution in [2.45, 2.75) is 30.9 Å². The fraction of sp³-hybridized carbons (Fsp3) is 0.348. The third-order valence-electron chi connectivity index (χ3n) is 4.83. The Morgan fingerprint density at radius 1 is 0.963 bits per heavy atom. The first-order valence-corrected chi connectivity index (χ1v) is 10.8. The van der Waals surface area contributed by atoms with Crippen molar-refractivity contribution >= 4 is 28.4 Å². The van der Waals surface area contributed by atoms with Crippen LogP contribution in [0.2, 0.25) is 0 Å². The Labute approximate surface area is 167 Å². The largest absolute Gasteiger partial charge is 0.383 e. The van der Waals surface area contributed by atoms with Crippen LogP contribution in [0, 0.1) is 0 Å². The van der Waals surface area contributed by atoms with E-state index in [4.69, 9.17) is 0 Å². The second-order valence-electron chi connectivity index (χ2n) is 6.59. The number of rotatable bonds is 10. The van der Waals surface area contributed by atoms with Crippen LogP contribution in [-0.2, 0) is 5.75 Å². The van der Waals surface area contributed by atoms with Crippen LogP contribution in [0.25, 0.3) is 10.9 Å². The van der Waals surface area contributed by atoms with Gasteiger partial charge in [-0.3, -0.25) is 4.98 Å². The lowest BCUT2D eigenvalue weighted by Gasteiger charge is -2.18. The van der Waals surface area contributed by atoms with Crippen LogP contribution < -0.4 is 5.32 Å². The van der Waals surface area contributed by atoms with Crippen LogP contribution in [-0.4, -0.2) is 36.1 Å². The molecule has 0 atom stereocenters. The van der Waals surface area contributed by atoms with Crippen molar-refractivity contribution in [2.24, 2.45) is 0 Å². The Hall–Kier alpha value is -2.04. The molecule has 3 aromatic rings. The molecular weight excluding hydrogens is 350 g/mol. The molecule has 0 amide bonds. The maximum atomic E-state index is 4.66. The van der Waals surface area contributed by atoms with E-state index < -0.39 is 0 Å². The molecule has 0 aliphatic heterocycles. The van der Waals surface area contributed by atoms with Crippen molar-refractivity contribution in [1.29, 1.82) is 0 Å². The van der Waals surface area contributed by atoms with E-state index in [1.165, 1.54) is 15.8 Å². The summed E-state index contributed by atoms with van der Waals surface area (Å²) in [5.74, 6) is 0.974. The highest BCUT2D eigenvalue weighted by Crippen LogP contribution is 2.32. The van der Waals surface area contributed by atoms with E-state index in [0.717, 1.165) is 49.6 Å². The predicted octanol–water partition coefficient (Wildman–Crippen LogP) is 5.67. The number of hydrogen-bond donors (Lipinski definition) is 1. The number of para-hydroxylation sites is 1. The Morgan fingerprint density at radius 2 is 1.78 bits per heavy atom. The number of fused-ring (bicyclic) bond motifs is 1. The second-order valence-corrected chi connectivity index (χ2v) is 7.61. The molecule has 2 aromatic carbocycles. The van der Waals surface area contributed by atoms with Crippen molar-refractivity contribution in [2.75, 3.05) is 31.5 Å². The average molecular weight is 380 g/mol. The molecule has 3 nitrogen and oxygen atoms in total. The summed E-state index contributed by atoms with van der Waals surface area (Å²) in [5, 5.41) is 4.82. The summed E-state index contributed by atoms with van der Waals surface area (Å²) in [4.78, 5) is 8.40. The topological polar surface area (TPSA) is 28.2 Å². The zero-order valence-corrected chi connectivity index (χ0v) is 17.1. The number of aromatic nitrogens is 1. The average Bonchev–Trinajstić information content (AvgIpc) is 2.73. The Kier molecular flexibility index (Phi) is 7.55. The van der Waals surface area contributed by atoms with Crippen molar-refractivity contribution in [1.82, 2.24) is 9.88 Å². The monoisotopic (exact) mass is 379 g/mol. The fourth-order valence-electron chi connectivity index (χ4n) is 3.22. The van der Waals surface area contributed by atoms with Crippen molar-refractivity contribution in [3.05, 3.63) is 66.4 Å². The van der Waals surface area contributed by atoms with Crippen LogP contribution in [0.3, 0.4) is 0 Å². The number of nitrogens with zero attached hydrogens (tertiary/aromatic N) is 2. The van der Waals surface area contributed by atoms with Gasteiger partial charge >= 0.3 is 0 Å². The van der Waals surface area contributed by atoms with Gasteiger partial charge in [-0.1, -0.05) is 56.3 Å². The van der Waals surface area contributed by atoms with Gasteiger partial charge in [0.1, 0.15) is 0 Å². The first kappa shape index (κ1) is 19.7. The Morgan fingerprint density at radius 3 is 2.56 bits per heavy atom. The van der Waals surface area contributed by atoms with Crippen molar-refractivity contribution in [3.63, 3.8) is 0 Å². The molecule has 0 unspecified atom stereocenters. The van der Waals surface area contributed by atoms with E-state index in [-0.39, 0.29) is 0 Å². The van der Waals surface area contributed by atoms with E-state index in [1.807, 2.05) is 18.0 Å². The van der Waals surface area contributed by atoms with Gasteiger partial charge in [-0.2, -0.15) is 0 Å². The zero-order chi connectivity index (χ0) is 18.9. The lowest BCUT2D eigenvalue weighted by atomic mass is 10.2. The van der Waals surface area contributed by atoms with Gasteiger partial charge in [0.25, 0.3) is 0 Å². The molecule has 0 fully saturated rings. The van der Waals surface area contributed by atoms with Gasteiger partial charge in [-0.15, -0.1) is 11.8 Å². The number of benzene rings is 2. The third-order valence-corrected chi connectivity index (χ3v) is 5.97. The first-order chi connectivity index (χ1) is 13.3. The number of thioether (sulfide) groups is 1. The molecule has 0 saturated heterocycles. The number of hydrogen-bond acceptors (Lipinski definition) is 4. The minimum atomic E-state index is 0.971. The molecule has 0 spiro atoms. The Bertz CT molecular complexity index is 831. The number of anilines is 1. The quantitative estimate of drug-likeness (QED) is 0.363. The molecule has 3 rings (SSSR count). The standard InChI is InChI=1S/C23H29N3S/c1-3-26(4-2)17-9-15-24-21-13-8-12-20-22(14-16-25-23(20)21)27-18-19-10-6-5-7-11-19/h5-8,10-14,16,24H,3-4,9,15,17-18H2,1-2H3. The molecule has 0 bridgehead atoms. The normalized spacial score (nSPS) is 11.2. The maximum Gasteiger partial charge on any atom is 0.0944 e. The molecule has 4 heteroatoms. The first-order valence-electron chi connectivity index (χ1n) is 9.82. The lowest BCUT2D eigenvalue weighted by molar-refractivity contribution is 0.303. The van der Waals surface area contributed by atoms with Crippen LogP contribution >= 0.6 is 11.8 Å². The number of nitrogens with one attached hydrogen (secondary N) is 1. The summed E-state index contributed by atoms with van der Waals surface area (Å²) in [6.07, 6.45) is 3.07. The molecule has 1 N–H and O–H groups in total. The molecule has 1 heterocycles. The molecule has 0 aliphatic carbocycles.